The fourth-order valence-electron chi connectivity index (χ4n) is 2.86. The molecule has 0 aliphatic carbocycles. The second-order valence-corrected chi connectivity index (χ2v) is 8.47. The average Bonchev–Trinajstić information content (AvgIpc) is 2.62. The molecule has 7 heteroatoms. The maximum absolute atomic E-state index is 11.8. The number of rotatable bonds is 7. The largest absolute Gasteiger partial charge is 0.495 e. The van der Waals surface area contributed by atoms with E-state index in [2.05, 4.69) is 50.5 Å². The van der Waals surface area contributed by atoms with Crippen molar-refractivity contribution >= 4 is 51.2 Å². The Morgan fingerprint density at radius 1 is 1.04 bits per heavy atom. The fraction of sp³-hybridized carbons (Fsp3) is 0.350. The maximum Gasteiger partial charge on any atom is 0.323 e. The molecule has 0 saturated carbocycles. The molecule has 0 aromatic heterocycles. The molecule has 0 fully saturated rings. The Morgan fingerprint density at radius 3 is 2.19 bits per heavy atom. The molecule has 0 aliphatic rings. The SMILES string of the molecule is CNC(Cc1cc(C)c(Oc2cc(C)c(OC)c(I)c2)c(I)c1)C(=O)OC. The van der Waals surface area contributed by atoms with Gasteiger partial charge in [-0.05, 0) is 107 Å². The Hall–Kier alpha value is -1.07. The standard InChI is InChI=1S/C20H23I2NO4/c1-11-6-13(9-17(23-3)20(24)26-5)8-15(21)19(11)27-14-7-12(2)18(25-4)16(22)10-14/h6-8,10,17,23H,9H2,1-5H3. The van der Waals surface area contributed by atoms with Gasteiger partial charge in [-0.3, -0.25) is 4.79 Å². The number of hydrogen-bond donors (Lipinski definition) is 1. The lowest BCUT2D eigenvalue weighted by molar-refractivity contribution is -0.142. The fourth-order valence-corrected chi connectivity index (χ4v) is 4.75. The van der Waals surface area contributed by atoms with Gasteiger partial charge < -0.3 is 19.5 Å². The van der Waals surface area contributed by atoms with Crippen LogP contribution in [-0.4, -0.2) is 33.3 Å². The Bertz CT molecular complexity index is 793. The first-order chi connectivity index (χ1) is 12.8. The molecule has 0 amide bonds. The Balaban J connectivity index is 2.28. The second kappa shape index (κ2) is 9.92. The predicted octanol–water partition coefficient (Wildman–Crippen LogP) is 4.62. The summed E-state index contributed by atoms with van der Waals surface area (Å²) in [5, 5.41) is 3.00. The van der Waals surface area contributed by atoms with E-state index in [4.69, 9.17) is 14.2 Å². The Kier molecular flexibility index (Phi) is 8.17. The van der Waals surface area contributed by atoms with Crippen LogP contribution in [0.5, 0.6) is 17.2 Å². The van der Waals surface area contributed by atoms with Crippen molar-refractivity contribution in [3.05, 3.63) is 48.1 Å². The highest BCUT2D eigenvalue weighted by atomic mass is 127. The monoisotopic (exact) mass is 595 g/mol. The number of methoxy groups -OCH3 is 2. The van der Waals surface area contributed by atoms with Gasteiger partial charge >= 0.3 is 5.97 Å². The molecule has 1 unspecified atom stereocenters. The lowest BCUT2D eigenvalue weighted by Gasteiger charge is -2.17. The van der Waals surface area contributed by atoms with E-state index in [0.717, 1.165) is 41.1 Å². The van der Waals surface area contributed by atoms with Gasteiger partial charge in [-0.1, -0.05) is 6.07 Å². The minimum Gasteiger partial charge on any atom is -0.495 e. The molecule has 2 rings (SSSR count). The molecule has 1 N–H and O–H groups in total. The molecule has 2 aromatic carbocycles. The third kappa shape index (κ3) is 5.47. The highest BCUT2D eigenvalue weighted by Gasteiger charge is 2.19. The number of nitrogens with one attached hydrogen (secondary N) is 1. The van der Waals surface area contributed by atoms with Crippen molar-refractivity contribution in [2.75, 3.05) is 21.3 Å². The van der Waals surface area contributed by atoms with Gasteiger partial charge in [-0.2, -0.15) is 0 Å². The zero-order chi connectivity index (χ0) is 20.1. The minimum absolute atomic E-state index is 0.270. The van der Waals surface area contributed by atoms with E-state index in [-0.39, 0.29) is 12.0 Å². The molecule has 0 radical (unpaired) electrons. The number of esters is 1. The number of carbonyl (C=O) groups excluding carboxylic acids is 1. The van der Waals surface area contributed by atoms with Crippen LogP contribution in [0.2, 0.25) is 0 Å². The molecule has 0 saturated heterocycles. The van der Waals surface area contributed by atoms with Crippen LogP contribution in [-0.2, 0) is 16.0 Å². The summed E-state index contributed by atoms with van der Waals surface area (Å²) >= 11 is 4.51. The highest BCUT2D eigenvalue weighted by molar-refractivity contribution is 14.1. The number of carbonyl (C=O) groups is 1. The van der Waals surface area contributed by atoms with Crippen LogP contribution in [0.1, 0.15) is 16.7 Å². The molecular formula is C20H23I2NO4. The third-order valence-corrected chi connectivity index (χ3v) is 5.79. The lowest BCUT2D eigenvalue weighted by Crippen LogP contribution is -2.36. The molecule has 27 heavy (non-hydrogen) atoms. The number of hydrogen-bond acceptors (Lipinski definition) is 5. The predicted molar refractivity (Wildman–Crippen MR) is 123 cm³/mol. The van der Waals surface area contributed by atoms with Crippen LogP contribution in [0.3, 0.4) is 0 Å². The Labute approximate surface area is 187 Å². The van der Waals surface area contributed by atoms with Gasteiger partial charge in [0.25, 0.3) is 0 Å². The topological polar surface area (TPSA) is 56.8 Å². The summed E-state index contributed by atoms with van der Waals surface area (Å²) in [6.45, 7) is 4.01. The normalized spacial score (nSPS) is 11.8. The van der Waals surface area contributed by atoms with Gasteiger partial charge in [-0.25, -0.2) is 0 Å². The first kappa shape index (κ1) is 22.2. The Morgan fingerprint density at radius 2 is 1.67 bits per heavy atom. The van der Waals surface area contributed by atoms with E-state index >= 15 is 0 Å². The summed E-state index contributed by atoms with van der Waals surface area (Å²) in [5.74, 6) is 2.19. The van der Waals surface area contributed by atoms with E-state index in [1.165, 1.54) is 7.11 Å². The summed E-state index contributed by atoms with van der Waals surface area (Å²) < 4.78 is 18.4. The van der Waals surface area contributed by atoms with Crippen LogP contribution in [0.15, 0.2) is 24.3 Å². The molecular weight excluding hydrogens is 572 g/mol. The number of benzene rings is 2. The zero-order valence-electron chi connectivity index (χ0n) is 16.0. The van der Waals surface area contributed by atoms with Gasteiger partial charge in [0.05, 0.1) is 21.4 Å². The molecule has 0 spiro atoms. The third-order valence-electron chi connectivity index (χ3n) is 4.19. The smallest absolute Gasteiger partial charge is 0.323 e. The number of halogens is 2. The second-order valence-electron chi connectivity index (χ2n) is 6.15. The van der Waals surface area contributed by atoms with Gasteiger partial charge in [0.2, 0.25) is 0 Å². The van der Waals surface area contributed by atoms with Gasteiger partial charge in [-0.15, -0.1) is 0 Å². The van der Waals surface area contributed by atoms with Crippen molar-refractivity contribution < 1.29 is 19.0 Å². The molecule has 0 bridgehead atoms. The summed E-state index contributed by atoms with van der Waals surface area (Å²) in [4.78, 5) is 11.8. The van der Waals surface area contributed by atoms with Crippen molar-refractivity contribution in [2.45, 2.75) is 26.3 Å². The summed E-state index contributed by atoms with van der Waals surface area (Å²) in [5.41, 5.74) is 3.09. The van der Waals surface area contributed by atoms with Crippen LogP contribution in [0, 0.1) is 21.0 Å². The molecule has 2 aromatic rings. The van der Waals surface area contributed by atoms with E-state index in [1.54, 1.807) is 14.2 Å². The van der Waals surface area contributed by atoms with Gasteiger partial charge in [0, 0.05) is 0 Å². The number of likely N-dealkylation sites (N-methyl/N-ethyl adjacent to an activating group) is 1. The minimum atomic E-state index is -0.372. The number of aryl methyl sites for hydroxylation is 2. The van der Waals surface area contributed by atoms with Crippen molar-refractivity contribution in [3.8, 4) is 17.2 Å². The lowest BCUT2D eigenvalue weighted by atomic mass is 10.0. The van der Waals surface area contributed by atoms with E-state index in [9.17, 15) is 4.79 Å². The van der Waals surface area contributed by atoms with E-state index < -0.39 is 0 Å². The molecule has 0 aliphatic heterocycles. The van der Waals surface area contributed by atoms with Crippen LogP contribution >= 0.6 is 45.2 Å². The van der Waals surface area contributed by atoms with Crippen LogP contribution < -0.4 is 14.8 Å². The van der Waals surface area contributed by atoms with Crippen molar-refractivity contribution in [1.82, 2.24) is 5.32 Å². The average molecular weight is 595 g/mol. The van der Waals surface area contributed by atoms with Gasteiger partial charge in [0.15, 0.2) is 0 Å². The van der Waals surface area contributed by atoms with E-state index in [1.807, 2.05) is 38.1 Å². The molecule has 5 nitrogen and oxygen atoms in total. The molecule has 1 atom stereocenters. The van der Waals surface area contributed by atoms with Crippen molar-refractivity contribution in [1.29, 1.82) is 0 Å². The molecule has 0 heterocycles. The summed E-state index contributed by atoms with van der Waals surface area (Å²) in [6.07, 6.45) is 0.555. The first-order valence-corrected chi connectivity index (χ1v) is 10.5. The maximum atomic E-state index is 11.8. The van der Waals surface area contributed by atoms with Crippen LogP contribution in [0.4, 0.5) is 0 Å². The zero-order valence-corrected chi connectivity index (χ0v) is 20.3. The summed E-state index contributed by atoms with van der Waals surface area (Å²) in [7, 11) is 4.82. The summed E-state index contributed by atoms with van der Waals surface area (Å²) in [6, 6.07) is 7.65. The molecule has 146 valence electrons. The highest BCUT2D eigenvalue weighted by Crippen LogP contribution is 2.35. The number of ether oxygens (including phenoxy) is 3. The van der Waals surface area contributed by atoms with Crippen LogP contribution in [0.25, 0.3) is 0 Å². The van der Waals surface area contributed by atoms with Gasteiger partial charge in [0.1, 0.15) is 23.3 Å². The van der Waals surface area contributed by atoms with Crippen molar-refractivity contribution in [2.24, 2.45) is 0 Å². The van der Waals surface area contributed by atoms with Crippen molar-refractivity contribution in [3.63, 3.8) is 0 Å². The first-order valence-electron chi connectivity index (χ1n) is 8.36. The van der Waals surface area contributed by atoms with E-state index in [0.29, 0.717) is 6.42 Å². The quantitative estimate of drug-likeness (QED) is 0.375.